The first kappa shape index (κ1) is 20.9. The van der Waals surface area contributed by atoms with E-state index in [4.69, 9.17) is 0 Å². The van der Waals surface area contributed by atoms with Gasteiger partial charge in [0.15, 0.2) is 0 Å². The number of fused-ring (bicyclic) bond motifs is 1. The van der Waals surface area contributed by atoms with Crippen LogP contribution in [0.4, 0.5) is 10.3 Å². The van der Waals surface area contributed by atoms with E-state index in [1.807, 2.05) is 28.8 Å². The molecule has 0 radical (unpaired) electrons. The Morgan fingerprint density at radius 3 is 2.44 bits per heavy atom. The zero-order valence-corrected chi connectivity index (χ0v) is 16.3. The van der Waals surface area contributed by atoms with Gasteiger partial charge in [-0.1, -0.05) is 26.0 Å². The van der Waals surface area contributed by atoms with Crippen molar-refractivity contribution in [2.45, 2.75) is 20.4 Å². The van der Waals surface area contributed by atoms with Crippen LogP contribution in [0.5, 0.6) is 0 Å². The van der Waals surface area contributed by atoms with Crippen molar-refractivity contribution in [3.63, 3.8) is 0 Å². The molecule has 0 unspecified atom stereocenters. The lowest BCUT2D eigenvalue weighted by Gasteiger charge is -2.19. The molecule has 1 aromatic heterocycles. The highest BCUT2D eigenvalue weighted by atomic mass is 35.5. The number of aromatic nitrogens is 2. The van der Waals surface area contributed by atoms with Gasteiger partial charge < -0.3 is 9.47 Å². The average molecular weight is 391 g/mol. The molecule has 0 atom stereocenters. The van der Waals surface area contributed by atoms with Crippen molar-refractivity contribution in [3.05, 3.63) is 59.9 Å². The topological polar surface area (TPSA) is 50.2 Å². The Labute approximate surface area is 164 Å². The fraction of sp³-hybridized carbons (Fsp3) is 0.300. The molecule has 1 heterocycles. The van der Waals surface area contributed by atoms with Crippen LogP contribution in [-0.2, 0) is 6.54 Å². The van der Waals surface area contributed by atoms with Gasteiger partial charge in [0.1, 0.15) is 5.82 Å². The van der Waals surface area contributed by atoms with Gasteiger partial charge in [-0.25, -0.2) is 9.37 Å². The van der Waals surface area contributed by atoms with Crippen molar-refractivity contribution >= 4 is 35.3 Å². The number of nitrogens with zero attached hydrogens (tertiary/aromatic N) is 3. The SMILES string of the molecule is CCN(CC)CCn1c(NC(=O)c2ccc(F)cc2)nc2ccccc21.Cl. The molecule has 1 amide bonds. The summed E-state index contributed by atoms with van der Waals surface area (Å²) in [5.74, 6) is -0.162. The van der Waals surface area contributed by atoms with E-state index in [1.54, 1.807) is 0 Å². The van der Waals surface area contributed by atoms with Crippen LogP contribution in [0.25, 0.3) is 11.0 Å². The maximum atomic E-state index is 13.1. The number of anilines is 1. The minimum Gasteiger partial charge on any atom is -0.309 e. The van der Waals surface area contributed by atoms with Gasteiger partial charge in [0.2, 0.25) is 5.95 Å². The maximum absolute atomic E-state index is 13.1. The lowest BCUT2D eigenvalue weighted by molar-refractivity contribution is 0.102. The second kappa shape index (κ2) is 9.48. The molecule has 0 saturated carbocycles. The number of imidazole rings is 1. The molecule has 27 heavy (non-hydrogen) atoms. The molecule has 1 N–H and O–H groups in total. The van der Waals surface area contributed by atoms with Crippen LogP contribution in [0.2, 0.25) is 0 Å². The maximum Gasteiger partial charge on any atom is 0.257 e. The fourth-order valence-corrected chi connectivity index (χ4v) is 2.95. The van der Waals surface area contributed by atoms with Gasteiger partial charge in [0.25, 0.3) is 5.91 Å². The van der Waals surface area contributed by atoms with Crippen molar-refractivity contribution in [1.82, 2.24) is 14.5 Å². The number of rotatable bonds is 7. The zero-order chi connectivity index (χ0) is 18.5. The fourth-order valence-electron chi connectivity index (χ4n) is 2.95. The summed E-state index contributed by atoms with van der Waals surface area (Å²) in [7, 11) is 0. The summed E-state index contributed by atoms with van der Waals surface area (Å²) in [5, 5.41) is 2.87. The minimum absolute atomic E-state index is 0. The van der Waals surface area contributed by atoms with Crippen molar-refractivity contribution in [1.29, 1.82) is 0 Å². The first-order valence-electron chi connectivity index (χ1n) is 8.87. The highest BCUT2D eigenvalue weighted by Gasteiger charge is 2.15. The molecule has 0 aliphatic rings. The summed E-state index contributed by atoms with van der Waals surface area (Å²) in [6.45, 7) is 7.80. The summed E-state index contributed by atoms with van der Waals surface area (Å²) >= 11 is 0. The number of carbonyl (C=O) groups is 1. The number of nitrogens with one attached hydrogen (secondary N) is 1. The number of carbonyl (C=O) groups excluding carboxylic acids is 1. The Morgan fingerprint density at radius 1 is 1.11 bits per heavy atom. The van der Waals surface area contributed by atoms with Crippen LogP contribution in [0.15, 0.2) is 48.5 Å². The van der Waals surface area contributed by atoms with E-state index in [-0.39, 0.29) is 24.1 Å². The van der Waals surface area contributed by atoms with E-state index in [2.05, 4.69) is 29.0 Å². The van der Waals surface area contributed by atoms with Crippen LogP contribution in [0, 0.1) is 5.82 Å². The molecule has 5 nitrogen and oxygen atoms in total. The monoisotopic (exact) mass is 390 g/mol. The standard InChI is InChI=1S/C20H23FN4O.ClH/c1-3-24(4-2)13-14-25-18-8-6-5-7-17(18)22-20(25)23-19(26)15-9-11-16(21)12-10-15;/h5-12H,3-4,13-14H2,1-2H3,(H,22,23,26);1H. The number of likely N-dealkylation sites (N-methyl/N-ethyl adjacent to an activating group) is 1. The Balaban J connectivity index is 0.00000261. The summed E-state index contributed by atoms with van der Waals surface area (Å²) < 4.78 is 15.1. The molecule has 0 aliphatic heterocycles. The number of halogens is 2. The lowest BCUT2D eigenvalue weighted by Crippen LogP contribution is -2.27. The van der Waals surface area contributed by atoms with Crippen molar-refractivity contribution in [2.75, 3.05) is 25.0 Å². The van der Waals surface area contributed by atoms with Gasteiger partial charge in [-0.3, -0.25) is 10.1 Å². The zero-order valence-electron chi connectivity index (χ0n) is 15.5. The molecular weight excluding hydrogens is 367 g/mol. The van der Waals surface area contributed by atoms with Crippen LogP contribution in [0.3, 0.4) is 0 Å². The summed E-state index contributed by atoms with van der Waals surface area (Å²) in [6.07, 6.45) is 0. The number of amides is 1. The molecule has 0 fully saturated rings. The Hall–Kier alpha value is -2.44. The number of para-hydroxylation sites is 2. The number of hydrogen-bond acceptors (Lipinski definition) is 3. The van der Waals surface area contributed by atoms with Gasteiger partial charge >= 0.3 is 0 Å². The van der Waals surface area contributed by atoms with Crippen LogP contribution in [-0.4, -0.2) is 40.0 Å². The normalized spacial score (nSPS) is 10.8. The Morgan fingerprint density at radius 2 is 1.78 bits per heavy atom. The third-order valence-electron chi connectivity index (χ3n) is 4.52. The van der Waals surface area contributed by atoms with Crippen LogP contribution in [0.1, 0.15) is 24.2 Å². The first-order chi connectivity index (χ1) is 12.6. The third-order valence-corrected chi connectivity index (χ3v) is 4.52. The third kappa shape index (κ3) is 4.84. The number of hydrogen-bond donors (Lipinski definition) is 1. The van der Waals surface area contributed by atoms with Gasteiger partial charge in [0.05, 0.1) is 11.0 Å². The Bertz CT molecular complexity index is 891. The molecule has 7 heteroatoms. The predicted molar refractivity (Wildman–Crippen MR) is 109 cm³/mol. The molecule has 0 spiro atoms. The summed E-state index contributed by atoms with van der Waals surface area (Å²) in [4.78, 5) is 19.4. The molecule has 3 rings (SSSR count). The van der Waals surface area contributed by atoms with Gasteiger partial charge in [0, 0.05) is 18.7 Å². The smallest absolute Gasteiger partial charge is 0.257 e. The van der Waals surface area contributed by atoms with E-state index >= 15 is 0 Å². The van der Waals surface area contributed by atoms with Crippen molar-refractivity contribution in [3.8, 4) is 0 Å². The average Bonchev–Trinajstić information content (AvgIpc) is 3.00. The van der Waals surface area contributed by atoms with Gasteiger partial charge in [-0.15, -0.1) is 12.4 Å². The van der Waals surface area contributed by atoms with E-state index in [0.717, 1.165) is 37.2 Å². The van der Waals surface area contributed by atoms with E-state index in [1.165, 1.54) is 24.3 Å². The molecule has 144 valence electrons. The van der Waals surface area contributed by atoms with Crippen molar-refractivity contribution < 1.29 is 9.18 Å². The highest BCUT2D eigenvalue weighted by molar-refractivity contribution is 6.04. The molecular formula is C20H24ClFN4O. The second-order valence-electron chi connectivity index (χ2n) is 6.06. The molecule has 0 aliphatic carbocycles. The Kier molecular flexibility index (Phi) is 7.33. The van der Waals surface area contributed by atoms with E-state index in [0.29, 0.717) is 11.5 Å². The lowest BCUT2D eigenvalue weighted by atomic mass is 10.2. The predicted octanol–water partition coefficient (Wildman–Crippen LogP) is 4.19. The van der Waals surface area contributed by atoms with Crippen molar-refractivity contribution in [2.24, 2.45) is 0 Å². The molecule has 2 aromatic carbocycles. The molecule has 0 bridgehead atoms. The van der Waals surface area contributed by atoms with E-state index in [9.17, 15) is 9.18 Å². The number of benzene rings is 2. The van der Waals surface area contributed by atoms with E-state index < -0.39 is 0 Å². The summed E-state index contributed by atoms with van der Waals surface area (Å²) in [6, 6.07) is 13.3. The second-order valence-corrected chi connectivity index (χ2v) is 6.06. The van der Waals surface area contributed by atoms with Gasteiger partial charge in [-0.05, 0) is 49.5 Å². The van der Waals surface area contributed by atoms with Gasteiger partial charge in [-0.2, -0.15) is 0 Å². The minimum atomic E-state index is -0.368. The van der Waals surface area contributed by atoms with Crippen LogP contribution < -0.4 is 5.32 Å². The summed E-state index contributed by atoms with van der Waals surface area (Å²) in [5.41, 5.74) is 2.21. The van der Waals surface area contributed by atoms with Crippen LogP contribution >= 0.6 is 12.4 Å². The molecule has 0 saturated heterocycles. The molecule has 3 aromatic rings. The quantitative estimate of drug-likeness (QED) is 0.658. The first-order valence-corrected chi connectivity index (χ1v) is 8.87. The highest BCUT2D eigenvalue weighted by Crippen LogP contribution is 2.20. The largest absolute Gasteiger partial charge is 0.309 e.